The number of alkyl carbamates (subject to hydrolysis) is 1. The minimum absolute atomic E-state index is 0.189. The Hall–Kier alpha value is -4.78. The highest BCUT2D eigenvalue weighted by molar-refractivity contribution is 6.00. The number of nitrogens with zero attached hydrogens (tertiary/aromatic N) is 4. The topological polar surface area (TPSA) is 207 Å². The minimum atomic E-state index is -1.94. The standard InChI is InChI=1S/C42H58FN5O12/c1-11-31-42(8)35(45-39(53)59-42)24(4)32(49)22(2)20-41(7,60-40(54)55-21-28(43)19-27-12-14-29(15-13-27)48-17-16-44-46-48)36(25(5)33(50)26(6)37(52)57-31)58-38-34(51)30(47(9)10)18-23(3)56-38/h12-17,19,22-26,30-31,34-36,38,51H,11,18,20-21H2,1-10H3,(H,45,53)/b28-19-/t22-,23-,24+,25+,26-,30+,31-,34-,35-,36-,38+,41-,42-/m1/s1. The highest BCUT2D eigenvalue weighted by Crippen LogP contribution is 2.40. The molecule has 0 radical (unpaired) electrons. The molecule has 330 valence electrons. The van der Waals surface area contributed by atoms with Gasteiger partial charge in [0.15, 0.2) is 17.7 Å². The quantitative estimate of drug-likeness (QED) is 0.201. The van der Waals surface area contributed by atoms with Crippen molar-refractivity contribution in [2.24, 2.45) is 23.7 Å². The van der Waals surface area contributed by atoms with E-state index in [9.17, 15) is 29.1 Å². The largest absolute Gasteiger partial charge is 0.509 e. The van der Waals surface area contributed by atoms with Crippen molar-refractivity contribution in [3.8, 4) is 5.69 Å². The molecule has 3 fully saturated rings. The molecule has 0 saturated carbocycles. The summed E-state index contributed by atoms with van der Waals surface area (Å²) < 4.78 is 52.3. The van der Waals surface area contributed by atoms with E-state index >= 15 is 4.39 Å². The van der Waals surface area contributed by atoms with Crippen molar-refractivity contribution in [2.45, 2.75) is 129 Å². The number of halogens is 1. The van der Waals surface area contributed by atoms with Gasteiger partial charge in [-0.25, -0.2) is 18.7 Å². The summed E-state index contributed by atoms with van der Waals surface area (Å²) in [4.78, 5) is 70.8. The zero-order chi connectivity index (χ0) is 44.3. The summed E-state index contributed by atoms with van der Waals surface area (Å²) in [5.74, 6) is -7.35. The molecular weight excluding hydrogens is 785 g/mol. The first-order chi connectivity index (χ1) is 28.2. The number of carbonyl (C=O) groups excluding carboxylic acids is 5. The summed E-state index contributed by atoms with van der Waals surface area (Å²) in [6.45, 7) is 11.7. The van der Waals surface area contributed by atoms with Gasteiger partial charge in [-0.15, -0.1) is 5.10 Å². The number of nitrogens with one attached hydrogen (secondary N) is 1. The number of likely N-dealkylation sites (N-methyl/N-ethyl adjacent to an activating group) is 1. The lowest BCUT2D eigenvalue weighted by molar-refractivity contribution is -0.293. The number of aromatic nitrogens is 3. The Labute approximate surface area is 349 Å². The molecule has 18 heteroatoms. The van der Waals surface area contributed by atoms with Crippen molar-refractivity contribution in [3.05, 3.63) is 48.0 Å². The Morgan fingerprint density at radius 3 is 2.37 bits per heavy atom. The molecule has 2 aromatic rings. The fourth-order valence-electron chi connectivity index (χ4n) is 8.72. The molecule has 0 aliphatic carbocycles. The average Bonchev–Trinajstić information content (AvgIpc) is 3.85. The van der Waals surface area contributed by atoms with Crippen molar-refractivity contribution in [1.82, 2.24) is 25.2 Å². The highest BCUT2D eigenvalue weighted by atomic mass is 19.1. The van der Waals surface area contributed by atoms with Crippen LogP contribution in [0.4, 0.5) is 14.0 Å². The molecule has 1 aromatic heterocycles. The van der Waals surface area contributed by atoms with Crippen LogP contribution in [0.25, 0.3) is 11.8 Å². The zero-order valence-electron chi connectivity index (χ0n) is 35.8. The molecule has 3 aliphatic rings. The van der Waals surface area contributed by atoms with Gasteiger partial charge in [0.25, 0.3) is 0 Å². The zero-order valence-corrected chi connectivity index (χ0v) is 35.8. The van der Waals surface area contributed by atoms with Crippen LogP contribution < -0.4 is 5.32 Å². The van der Waals surface area contributed by atoms with Crippen molar-refractivity contribution in [3.63, 3.8) is 0 Å². The maximum Gasteiger partial charge on any atom is 0.509 e. The SMILES string of the molecule is CC[C@H]1OC(=O)[C@H](C)C(=O)[C@H](C)[C@@H](O[C@@H]2O[C@H](C)C[C@H](N(C)C)[C@H]2O)[C@](C)(OC(=O)OC/C(F)=C/c2ccc(-n3ccnn3)cc2)C[C@@H](C)C(=O)[C@H](C)[C@H]2NC(=O)O[C@@]21C. The molecular formula is C42H58FN5O12. The van der Waals surface area contributed by atoms with Crippen LogP contribution in [0.5, 0.6) is 0 Å². The molecule has 17 nitrogen and oxygen atoms in total. The van der Waals surface area contributed by atoms with Gasteiger partial charge in [-0.2, -0.15) is 0 Å². The van der Waals surface area contributed by atoms with Gasteiger partial charge in [0, 0.05) is 23.8 Å². The first-order valence-corrected chi connectivity index (χ1v) is 20.3. The summed E-state index contributed by atoms with van der Waals surface area (Å²) >= 11 is 0. The van der Waals surface area contributed by atoms with E-state index in [1.165, 1.54) is 37.7 Å². The first kappa shape index (κ1) is 46.3. The number of Topliss-reactive ketones (excluding diaryl/α,β-unsaturated/α-hetero) is 2. The van der Waals surface area contributed by atoms with Gasteiger partial charge in [-0.1, -0.05) is 45.0 Å². The second kappa shape index (κ2) is 18.9. The molecule has 0 spiro atoms. The molecule has 3 saturated heterocycles. The van der Waals surface area contributed by atoms with Crippen LogP contribution in [0.1, 0.15) is 80.2 Å². The summed E-state index contributed by atoms with van der Waals surface area (Å²) in [5.41, 5.74) is -2.27. The number of aliphatic hydroxyl groups is 1. The van der Waals surface area contributed by atoms with Gasteiger partial charge in [-0.05, 0) is 84.8 Å². The summed E-state index contributed by atoms with van der Waals surface area (Å²) in [7, 11) is 3.57. The van der Waals surface area contributed by atoms with E-state index in [-0.39, 0.29) is 18.6 Å². The summed E-state index contributed by atoms with van der Waals surface area (Å²) in [6.07, 6.45) is -3.01. The lowest BCUT2D eigenvalue weighted by Crippen LogP contribution is -2.60. The maximum atomic E-state index is 15.3. The number of ketones is 2. The first-order valence-electron chi connectivity index (χ1n) is 20.3. The van der Waals surface area contributed by atoms with Crippen LogP contribution in [0, 0.1) is 23.7 Å². The molecule has 4 heterocycles. The number of hydrogen-bond donors (Lipinski definition) is 2. The van der Waals surface area contributed by atoms with Gasteiger partial charge in [0.1, 0.15) is 48.0 Å². The van der Waals surface area contributed by atoms with Crippen molar-refractivity contribution in [1.29, 1.82) is 0 Å². The predicted molar refractivity (Wildman–Crippen MR) is 212 cm³/mol. The van der Waals surface area contributed by atoms with Gasteiger partial charge >= 0.3 is 18.2 Å². The van der Waals surface area contributed by atoms with E-state index in [1.54, 1.807) is 79.2 Å². The molecule has 2 N–H and O–H groups in total. The molecule has 0 bridgehead atoms. The van der Waals surface area contributed by atoms with Crippen molar-refractivity contribution >= 4 is 35.9 Å². The number of carbonyl (C=O) groups is 5. The second-order valence-corrected chi connectivity index (χ2v) is 16.9. The van der Waals surface area contributed by atoms with Crippen molar-refractivity contribution < 1.29 is 61.9 Å². The third kappa shape index (κ3) is 10.0. The fraction of sp³-hybridized carbons (Fsp3) is 0.643. The normalized spacial score (nSPS) is 35.8. The maximum absolute atomic E-state index is 15.3. The van der Waals surface area contributed by atoms with Crippen molar-refractivity contribution in [2.75, 3.05) is 20.7 Å². The Bertz CT molecular complexity index is 1890. The number of benzene rings is 1. The van der Waals surface area contributed by atoms with Gasteiger partial charge < -0.3 is 43.7 Å². The van der Waals surface area contributed by atoms with E-state index in [0.29, 0.717) is 17.7 Å². The van der Waals surface area contributed by atoms with Gasteiger partial charge in [-0.3, -0.25) is 14.4 Å². The average molecular weight is 844 g/mol. The van der Waals surface area contributed by atoms with E-state index in [2.05, 4.69) is 15.6 Å². The Kier molecular flexibility index (Phi) is 14.6. The number of hydrogen-bond acceptors (Lipinski definition) is 15. The van der Waals surface area contributed by atoms with Crippen LogP contribution in [0.2, 0.25) is 0 Å². The number of aliphatic hydroxyl groups excluding tert-OH is 1. The Balaban J connectivity index is 1.50. The second-order valence-electron chi connectivity index (χ2n) is 16.9. The monoisotopic (exact) mass is 843 g/mol. The molecule has 13 atom stereocenters. The van der Waals surface area contributed by atoms with Crippen LogP contribution >= 0.6 is 0 Å². The fourth-order valence-corrected chi connectivity index (χ4v) is 8.72. The molecule has 5 rings (SSSR count). The van der Waals surface area contributed by atoms with Crippen LogP contribution in [-0.2, 0) is 42.8 Å². The van der Waals surface area contributed by atoms with Crippen LogP contribution in [-0.4, -0.2) is 129 Å². The molecule has 3 aliphatic heterocycles. The number of cyclic esters (lactones) is 1. The van der Waals surface area contributed by atoms with Crippen LogP contribution in [0.15, 0.2) is 42.5 Å². The number of esters is 1. The lowest BCUT2D eigenvalue weighted by Gasteiger charge is -2.46. The smallest absolute Gasteiger partial charge is 0.458 e. The van der Waals surface area contributed by atoms with Gasteiger partial charge in [0.2, 0.25) is 0 Å². The Morgan fingerprint density at radius 1 is 1.07 bits per heavy atom. The van der Waals surface area contributed by atoms with E-state index in [4.69, 9.17) is 28.4 Å². The third-order valence-corrected chi connectivity index (χ3v) is 12.0. The number of ether oxygens (including phenoxy) is 6. The van der Waals surface area contributed by atoms with Gasteiger partial charge in [0.05, 0.1) is 30.2 Å². The lowest BCUT2D eigenvalue weighted by atomic mass is 9.73. The minimum Gasteiger partial charge on any atom is -0.458 e. The molecule has 0 unspecified atom stereocenters. The summed E-state index contributed by atoms with van der Waals surface area (Å²) in [5, 5.41) is 21.9. The van der Waals surface area contributed by atoms with E-state index in [1.807, 2.05) is 4.90 Å². The Morgan fingerprint density at radius 2 is 1.75 bits per heavy atom. The predicted octanol–water partition coefficient (Wildman–Crippen LogP) is 4.58. The van der Waals surface area contributed by atoms with Crippen LogP contribution in [0.3, 0.4) is 0 Å². The van der Waals surface area contributed by atoms with E-state index < -0.39 is 114 Å². The number of rotatable bonds is 9. The highest BCUT2D eigenvalue weighted by Gasteiger charge is 2.57. The molecule has 1 amide bonds. The molecule has 60 heavy (non-hydrogen) atoms. The summed E-state index contributed by atoms with van der Waals surface area (Å²) in [6, 6.07) is 5.28. The third-order valence-electron chi connectivity index (χ3n) is 12.0. The molecule has 1 aromatic carbocycles. The van der Waals surface area contributed by atoms with E-state index in [0.717, 1.165) is 0 Å². The number of fused-ring (bicyclic) bond motifs is 1. The number of amides is 1.